The molecule has 1 amide bonds. The van der Waals surface area contributed by atoms with Crippen molar-refractivity contribution in [3.05, 3.63) is 23.2 Å². The molecule has 0 saturated heterocycles. The fraction of sp³-hybridized carbons (Fsp3) is 0.500. The van der Waals surface area contributed by atoms with E-state index in [-0.39, 0.29) is 0 Å². The Morgan fingerprint density at radius 1 is 1.38 bits per heavy atom. The second-order valence-electron chi connectivity index (χ2n) is 5.36. The van der Waals surface area contributed by atoms with E-state index in [0.29, 0.717) is 29.2 Å². The van der Waals surface area contributed by atoms with Crippen LogP contribution < -0.4 is 11.1 Å². The van der Waals surface area contributed by atoms with E-state index >= 15 is 0 Å². The lowest BCUT2D eigenvalue weighted by atomic mass is 10.2. The van der Waals surface area contributed by atoms with Gasteiger partial charge >= 0.3 is 0 Å². The first-order valence-electron chi connectivity index (χ1n) is 6.91. The maximum atomic E-state index is 12.4. The molecule has 3 N–H and O–H groups in total. The number of carbonyl (C=O) groups is 1. The molecule has 1 aliphatic rings. The number of sulfone groups is 1. The highest BCUT2D eigenvalue weighted by Crippen LogP contribution is 2.28. The summed E-state index contributed by atoms with van der Waals surface area (Å²) in [5.41, 5.74) is 6.43. The van der Waals surface area contributed by atoms with Gasteiger partial charge in [0, 0.05) is 5.69 Å². The number of amides is 1. The second-order valence-corrected chi connectivity index (χ2v) is 8.32. The third-order valence-electron chi connectivity index (χ3n) is 3.89. The van der Waals surface area contributed by atoms with E-state index < -0.39 is 26.2 Å². The van der Waals surface area contributed by atoms with Gasteiger partial charge in [-0.2, -0.15) is 0 Å². The molecule has 0 radical (unpaired) electrons. The van der Waals surface area contributed by atoms with E-state index in [1.165, 1.54) is 13.0 Å². The Morgan fingerprint density at radius 2 is 2.00 bits per heavy atom. The maximum Gasteiger partial charge on any atom is 0.242 e. The predicted octanol–water partition coefficient (Wildman–Crippen LogP) is 2.61. The molecular formula is C14H19ClN2O3S. The first-order valence-corrected chi connectivity index (χ1v) is 8.89. The zero-order chi connectivity index (χ0) is 15.6. The summed E-state index contributed by atoms with van der Waals surface area (Å²) in [4.78, 5) is 12.1. The van der Waals surface area contributed by atoms with Crippen molar-refractivity contribution in [2.75, 3.05) is 11.1 Å². The summed E-state index contributed by atoms with van der Waals surface area (Å²) in [6.07, 6.45) is 3.11. The third-order valence-corrected chi connectivity index (χ3v) is 6.84. The van der Waals surface area contributed by atoms with Crippen molar-refractivity contribution in [1.29, 1.82) is 0 Å². The highest BCUT2D eigenvalue weighted by atomic mass is 35.5. The molecule has 1 aromatic rings. The molecule has 1 fully saturated rings. The van der Waals surface area contributed by atoms with E-state index in [1.54, 1.807) is 12.1 Å². The maximum absolute atomic E-state index is 12.4. The van der Waals surface area contributed by atoms with Crippen molar-refractivity contribution in [3.8, 4) is 0 Å². The molecule has 1 aliphatic carbocycles. The number of nitrogen functional groups attached to an aromatic ring is 1. The second kappa shape index (κ2) is 6.23. The number of carbonyl (C=O) groups excluding carboxylic acids is 1. The molecule has 21 heavy (non-hydrogen) atoms. The van der Waals surface area contributed by atoms with Gasteiger partial charge in [0.2, 0.25) is 5.91 Å². The number of anilines is 2. The lowest BCUT2D eigenvalue weighted by molar-refractivity contribution is -0.115. The Morgan fingerprint density at radius 3 is 2.57 bits per heavy atom. The number of halogens is 1. The van der Waals surface area contributed by atoms with Gasteiger partial charge in [-0.1, -0.05) is 24.4 Å². The number of rotatable bonds is 4. The highest BCUT2D eigenvalue weighted by Gasteiger charge is 2.37. The van der Waals surface area contributed by atoms with Gasteiger partial charge in [-0.05, 0) is 38.0 Å². The molecule has 1 unspecified atom stereocenters. The minimum absolute atomic E-state index is 0.334. The first-order chi connectivity index (χ1) is 9.82. The third kappa shape index (κ3) is 3.49. The molecule has 1 atom stereocenters. The highest BCUT2D eigenvalue weighted by molar-refractivity contribution is 7.93. The van der Waals surface area contributed by atoms with Gasteiger partial charge < -0.3 is 11.1 Å². The molecule has 116 valence electrons. The van der Waals surface area contributed by atoms with Gasteiger partial charge in [0.15, 0.2) is 9.84 Å². The molecule has 0 spiro atoms. The van der Waals surface area contributed by atoms with Crippen LogP contribution >= 0.6 is 11.6 Å². The van der Waals surface area contributed by atoms with Crippen LogP contribution in [0.1, 0.15) is 32.6 Å². The van der Waals surface area contributed by atoms with Crippen LogP contribution in [0, 0.1) is 0 Å². The summed E-state index contributed by atoms with van der Waals surface area (Å²) in [5, 5.41) is 1.50. The predicted molar refractivity (Wildman–Crippen MR) is 85.1 cm³/mol. The number of benzene rings is 1. The molecule has 0 bridgehead atoms. The van der Waals surface area contributed by atoms with Crippen molar-refractivity contribution in [3.63, 3.8) is 0 Å². The van der Waals surface area contributed by atoms with Crippen molar-refractivity contribution >= 4 is 38.7 Å². The number of hydrogen-bond acceptors (Lipinski definition) is 4. The monoisotopic (exact) mass is 330 g/mol. The van der Waals surface area contributed by atoms with E-state index in [2.05, 4.69) is 5.32 Å². The smallest absolute Gasteiger partial charge is 0.242 e. The SMILES string of the molecule is CC(C(=O)Nc1ccc(Cl)c(N)c1)S(=O)(=O)C1CCCC1. The van der Waals surface area contributed by atoms with Crippen LogP contribution in [0.3, 0.4) is 0 Å². The number of nitrogens with one attached hydrogen (secondary N) is 1. The van der Waals surface area contributed by atoms with Gasteiger partial charge in [-0.3, -0.25) is 4.79 Å². The van der Waals surface area contributed by atoms with Crippen molar-refractivity contribution in [1.82, 2.24) is 0 Å². The van der Waals surface area contributed by atoms with Crippen molar-refractivity contribution < 1.29 is 13.2 Å². The van der Waals surface area contributed by atoms with Crippen LogP contribution in [-0.4, -0.2) is 24.8 Å². The summed E-state index contributed by atoms with van der Waals surface area (Å²) < 4.78 is 24.8. The molecule has 0 heterocycles. The fourth-order valence-corrected chi connectivity index (χ4v) is 4.56. The van der Waals surface area contributed by atoms with E-state index in [9.17, 15) is 13.2 Å². The van der Waals surface area contributed by atoms with Crippen LogP contribution in [0.25, 0.3) is 0 Å². The Bertz CT molecular complexity index is 640. The lowest BCUT2D eigenvalue weighted by Gasteiger charge is -2.18. The Hall–Kier alpha value is -1.27. The van der Waals surface area contributed by atoms with Crippen LogP contribution in [0.4, 0.5) is 11.4 Å². The molecule has 1 saturated carbocycles. The molecular weight excluding hydrogens is 312 g/mol. The normalized spacial score (nSPS) is 17.6. The van der Waals surface area contributed by atoms with Gasteiger partial charge in [-0.15, -0.1) is 0 Å². The standard InChI is InChI=1S/C14H19ClN2O3S/c1-9(21(19,20)11-4-2-3-5-11)14(18)17-10-6-7-12(15)13(16)8-10/h6-9,11H,2-5,16H2,1H3,(H,17,18). The summed E-state index contributed by atoms with van der Waals surface area (Å²) in [5.74, 6) is -0.538. The zero-order valence-corrected chi connectivity index (χ0v) is 13.4. The molecule has 2 rings (SSSR count). The largest absolute Gasteiger partial charge is 0.397 e. The Balaban J connectivity index is 2.10. The van der Waals surface area contributed by atoms with Crippen LogP contribution in [0.15, 0.2) is 18.2 Å². The average molecular weight is 331 g/mol. The van der Waals surface area contributed by atoms with Crippen molar-refractivity contribution in [2.24, 2.45) is 0 Å². The van der Waals surface area contributed by atoms with Gasteiger partial charge in [0.25, 0.3) is 0 Å². The van der Waals surface area contributed by atoms with Crippen LogP contribution in [-0.2, 0) is 14.6 Å². The van der Waals surface area contributed by atoms with Crippen molar-refractivity contribution in [2.45, 2.75) is 43.1 Å². The molecule has 1 aromatic carbocycles. The van der Waals surface area contributed by atoms with E-state index in [4.69, 9.17) is 17.3 Å². The molecule has 0 aliphatic heterocycles. The minimum Gasteiger partial charge on any atom is -0.397 e. The lowest BCUT2D eigenvalue weighted by Crippen LogP contribution is -2.37. The van der Waals surface area contributed by atoms with Gasteiger partial charge in [0.1, 0.15) is 5.25 Å². The van der Waals surface area contributed by atoms with E-state index in [0.717, 1.165) is 12.8 Å². The Labute approximate surface area is 129 Å². The van der Waals surface area contributed by atoms with Crippen LogP contribution in [0.5, 0.6) is 0 Å². The van der Waals surface area contributed by atoms with Gasteiger partial charge in [0.05, 0.1) is 16.0 Å². The number of nitrogens with two attached hydrogens (primary N) is 1. The molecule has 7 heteroatoms. The number of hydrogen-bond donors (Lipinski definition) is 2. The molecule has 0 aromatic heterocycles. The average Bonchev–Trinajstić information content (AvgIpc) is 2.96. The quantitative estimate of drug-likeness (QED) is 0.830. The zero-order valence-electron chi connectivity index (χ0n) is 11.8. The summed E-state index contributed by atoms with van der Waals surface area (Å²) in [7, 11) is -3.45. The van der Waals surface area contributed by atoms with Gasteiger partial charge in [-0.25, -0.2) is 8.42 Å². The molecule has 5 nitrogen and oxygen atoms in total. The first kappa shape index (κ1) is 16.1. The fourth-order valence-electron chi connectivity index (χ4n) is 2.52. The van der Waals surface area contributed by atoms with E-state index in [1.807, 2.05) is 0 Å². The topological polar surface area (TPSA) is 89.3 Å². The minimum atomic E-state index is -3.45. The summed E-state index contributed by atoms with van der Waals surface area (Å²) in [6.45, 7) is 1.43. The Kier molecular flexibility index (Phi) is 4.78. The van der Waals surface area contributed by atoms with Crippen LogP contribution in [0.2, 0.25) is 5.02 Å². The summed E-state index contributed by atoms with van der Waals surface area (Å²) >= 11 is 5.80. The summed E-state index contributed by atoms with van der Waals surface area (Å²) in [6, 6.07) is 4.66.